The second-order valence-corrected chi connectivity index (χ2v) is 7.50. The third-order valence-electron chi connectivity index (χ3n) is 4.56. The van der Waals surface area contributed by atoms with Crippen molar-refractivity contribution in [3.05, 3.63) is 43.2 Å². The van der Waals surface area contributed by atoms with Crippen LogP contribution in [0.15, 0.2) is 15.9 Å². The molecule has 0 fully saturated rings. The minimum atomic E-state index is -0.540. The van der Waals surface area contributed by atoms with Crippen LogP contribution in [0.1, 0.15) is 20.8 Å². The fraction of sp³-hybridized carbons (Fsp3) is 0.353. The van der Waals surface area contributed by atoms with E-state index in [4.69, 9.17) is 4.74 Å². The quantitative estimate of drug-likeness (QED) is 0.633. The highest BCUT2D eigenvalue weighted by Gasteiger charge is 2.22. The van der Waals surface area contributed by atoms with Gasteiger partial charge in [0.2, 0.25) is 5.91 Å². The molecule has 148 valence electrons. The highest BCUT2D eigenvalue weighted by molar-refractivity contribution is 7.16. The fourth-order valence-corrected chi connectivity index (χ4v) is 3.97. The lowest BCUT2D eigenvalue weighted by Crippen LogP contribution is -2.37. The predicted molar refractivity (Wildman–Crippen MR) is 104 cm³/mol. The highest BCUT2D eigenvalue weighted by Crippen LogP contribution is 2.32. The number of thiophene rings is 1. The van der Waals surface area contributed by atoms with Crippen molar-refractivity contribution in [1.29, 1.82) is 0 Å². The molecule has 10 nitrogen and oxygen atoms in total. The summed E-state index contributed by atoms with van der Waals surface area (Å²) in [7, 11) is 4.14. The zero-order chi connectivity index (χ0) is 20.7. The third-order valence-corrected chi connectivity index (χ3v) is 5.68. The summed E-state index contributed by atoms with van der Waals surface area (Å²) >= 11 is 1.27. The number of hydrogen-bond acceptors (Lipinski definition) is 7. The number of fused-ring (bicyclic) bond motifs is 1. The second kappa shape index (κ2) is 7.08. The van der Waals surface area contributed by atoms with E-state index in [0.29, 0.717) is 10.6 Å². The number of hydrogen-bond donors (Lipinski definition) is 1. The summed E-state index contributed by atoms with van der Waals surface area (Å²) in [4.78, 5) is 54.0. The monoisotopic (exact) mass is 405 g/mol. The first-order valence-electron chi connectivity index (χ1n) is 8.26. The molecule has 0 saturated carbocycles. The molecule has 3 aromatic heterocycles. The van der Waals surface area contributed by atoms with E-state index in [2.05, 4.69) is 10.3 Å². The molecule has 0 aliphatic heterocycles. The molecule has 0 spiro atoms. The number of methoxy groups -OCH3 is 1. The maximum Gasteiger partial charge on any atom is 0.341 e. The van der Waals surface area contributed by atoms with Crippen LogP contribution >= 0.6 is 11.3 Å². The normalized spacial score (nSPS) is 11.0. The minimum absolute atomic E-state index is 0.145. The van der Waals surface area contributed by atoms with E-state index < -0.39 is 23.1 Å². The van der Waals surface area contributed by atoms with E-state index in [1.807, 2.05) is 6.92 Å². The van der Waals surface area contributed by atoms with Gasteiger partial charge in [0.25, 0.3) is 5.56 Å². The number of anilines is 1. The molecule has 0 aromatic carbocycles. The number of amides is 1. The first kappa shape index (κ1) is 19.5. The summed E-state index contributed by atoms with van der Waals surface area (Å²) in [5, 5.41) is 3.09. The molecule has 1 amide bonds. The standard InChI is InChI=1S/C17H19N5O5S/c1-8-9(2)28-14(11(8)16(25)27-5)19-10(23)6-22-7-18-13-12(22)15(24)21(4)17(26)20(13)3/h7H,6H2,1-5H3,(H,19,23). The molecule has 3 rings (SSSR count). The molecule has 1 N–H and O–H groups in total. The van der Waals surface area contributed by atoms with Gasteiger partial charge in [0.1, 0.15) is 11.5 Å². The van der Waals surface area contributed by atoms with Crippen LogP contribution < -0.4 is 16.6 Å². The van der Waals surface area contributed by atoms with Crippen molar-refractivity contribution in [1.82, 2.24) is 18.7 Å². The molecule has 3 aromatic rings. The van der Waals surface area contributed by atoms with Gasteiger partial charge in [0.05, 0.1) is 19.0 Å². The van der Waals surface area contributed by atoms with E-state index in [1.54, 1.807) is 6.92 Å². The third kappa shape index (κ3) is 3.03. The van der Waals surface area contributed by atoms with Crippen LogP contribution in [0.25, 0.3) is 11.2 Å². The Hall–Kier alpha value is -3.21. The number of carbonyl (C=O) groups is 2. The minimum Gasteiger partial charge on any atom is -0.465 e. The summed E-state index contributed by atoms with van der Waals surface area (Å²) < 4.78 is 8.37. The van der Waals surface area contributed by atoms with E-state index >= 15 is 0 Å². The number of rotatable bonds is 4. The smallest absolute Gasteiger partial charge is 0.341 e. The van der Waals surface area contributed by atoms with Crippen LogP contribution in [-0.4, -0.2) is 37.7 Å². The van der Waals surface area contributed by atoms with Crippen LogP contribution in [0.5, 0.6) is 0 Å². The van der Waals surface area contributed by atoms with Crippen molar-refractivity contribution in [3.8, 4) is 0 Å². The molecule has 0 atom stereocenters. The fourth-order valence-electron chi connectivity index (χ4n) is 2.90. The van der Waals surface area contributed by atoms with E-state index in [9.17, 15) is 19.2 Å². The largest absolute Gasteiger partial charge is 0.465 e. The molecule has 0 bridgehead atoms. The molecule has 0 unspecified atom stereocenters. The molecule has 0 aliphatic rings. The van der Waals surface area contributed by atoms with Gasteiger partial charge in [-0.05, 0) is 19.4 Å². The molecule has 0 saturated heterocycles. The van der Waals surface area contributed by atoms with Gasteiger partial charge in [-0.3, -0.25) is 18.7 Å². The molecular weight excluding hydrogens is 386 g/mol. The van der Waals surface area contributed by atoms with Crippen molar-refractivity contribution in [2.24, 2.45) is 14.1 Å². The zero-order valence-corrected chi connectivity index (χ0v) is 16.8. The number of nitrogens with zero attached hydrogens (tertiary/aromatic N) is 4. The highest BCUT2D eigenvalue weighted by atomic mass is 32.1. The Morgan fingerprint density at radius 2 is 1.89 bits per heavy atom. The predicted octanol–water partition coefficient (Wildman–Crippen LogP) is 0.537. The van der Waals surface area contributed by atoms with Gasteiger partial charge in [-0.1, -0.05) is 0 Å². The summed E-state index contributed by atoms with van der Waals surface area (Å²) in [6.07, 6.45) is 1.33. The number of aryl methyl sites for hydroxylation is 2. The van der Waals surface area contributed by atoms with Gasteiger partial charge < -0.3 is 14.6 Å². The SMILES string of the molecule is COC(=O)c1c(NC(=O)Cn2cnc3c2c(=O)n(C)c(=O)n3C)sc(C)c1C. The average Bonchev–Trinajstić information content (AvgIpc) is 3.19. The van der Waals surface area contributed by atoms with Crippen LogP contribution in [0.3, 0.4) is 0 Å². The molecular formula is C17H19N5O5S. The Morgan fingerprint density at radius 1 is 1.21 bits per heavy atom. The van der Waals surface area contributed by atoms with Gasteiger partial charge in [0.15, 0.2) is 11.2 Å². The van der Waals surface area contributed by atoms with E-state index in [0.717, 1.165) is 15.0 Å². The Bertz CT molecular complexity index is 1230. The molecule has 0 radical (unpaired) electrons. The summed E-state index contributed by atoms with van der Waals surface area (Å²) in [5.41, 5.74) is 0.350. The average molecular weight is 405 g/mol. The number of esters is 1. The van der Waals surface area contributed by atoms with E-state index in [1.165, 1.54) is 48.0 Å². The molecule has 11 heteroatoms. The van der Waals surface area contributed by atoms with Crippen molar-refractivity contribution < 1.29 is 14.3 Å². The lowest BCUT2D eigenvalue weighted by Gasteiger charge is -2.08. The first-order valence-corrected chi connectivity index (χ1v) is 9.08. The number of imidazole rings is 1. The first-order chi connectivity index (χ1) is 13.2. The maximum absolute atomic E-state index is 12.6. The van der Waals surface area contributed by atoms with Crippen molar-refractivity contribution in [3.63, 3.8) is 0 Å². The Kier molecular flexibility index (Phi) is 4.94. The molecule has 3 heterocycles. The topological polar surface area (TPSA) is 117 Å². The summed E-state index contributed by atoms with van der Waals surface area (Å²) in [5.74, 6) is -0.976. The van der Waals surface area contributed by atoms with Gasteiger partial charge in [-0.2, -0.15) is 0 Å². The Labute approximate surface area is 163 Å². The van der Waals surface area contributed by atoms with Gasteiger partial charge in [-0.25, -0.2) is 14.6 Å². The van der Waals surface area contributed by atoms with E-state index in [-0.39, 0.29) is 17.7 Å². The van der Waals surface area contributed by atoms with Crippen LogP contribution in [0.2, 0.25) is 0 Å². The zero-order valence-electron chi connectivity index (χ0n) is 16.0. The number of carbonyl (C=O) groups excluding carboxylic acids is 2. The summed E-state index contributed by atoms with van der Waals surface area (Å²) in [6.45, 7) is 3.41. The van der Waals surface area contributed by atoms with Crippen molar-refractivity contribution >= 4 is 39.4 Å². The summed E-state index contributed by atoms with van der Waals surface area (Å²) in [6, 6.07) is 0. The Balaban J connectivity index is 1.96. The van der Waals surface area contributed by atoms with Crippen molar-refractivity contribution in [2.45, 2.75) is 20.4 Å². The lowest BCUT2D eigenvalue weighted by atomic mass is 10.1. The van der Waals surface area contributed by atoms with Crippen LogP contribution in [0, 0.1) is 13.8 Å². The van der Waals surface area contributed by atoms with Crippen LogP contribution in [0.4, 0.5) is 5.00 Å². The van der Waals surface area contributed by atoms with Gasteiger partial charge >= 0.3 is 11.7 Å². The number of aromatic nitrogens is 4. The Morgan fingerprint density at radius 3 is 2.54 bits per heavy atom. The van der Waals surface area contributed by atoms with Crippen LogP contribution in [-0.2, 0) is 30.2 Å². The lowest BCUT2D eigenvalue weighted by molar-refractivity contribution is -0.116. The molecule has 0 aliphatic carbocycles. The number of ether oxygens (including phenoxy) is 1. The number of nitrogens with one attached hydrogen (secondary N) is 1. The molecule has 28 heavy (non-hydrogen) atoms. The van der Waals surface area contributed by atoms with Crippen molar-refractivity contribution in [2.75, 3.05) is 12.4 Å². The van der Waals surface area contributed by atoms with Gasteiger partial charge in [-0.15, -0.1) is 11.3 Å². The maximum atomic E-state index is 12.6. The second-order valence-electron chi connectivity index (χ2n) is 6.28. The van der Waals surface area contributed by atoms with Gasteiger partial charge in [0, 0.05) is 19.0 Å².